The van der Waals surface area contributed by atoms with Crippen LogP contribution in [0.1, 0.15) is 39.5 Å². The average Bonchev–Trinajstić information content (AvgIpc) is 3.07. The topological polar surface area (TPSA) is 88.5 Å². The summed E-state index contributed by atoms with van der Waals surface area (Å²) in [4.78, 5) is 28.4. The van der Waals surface area contributed by atoms with Crippen molar-refractivity contribution in [2.45, 2.75) is 18.9 Å². The molecule has 0 saturated carbocycles. The summed E-state index contributed by atoms with van der Waals surface area (Å²) in [6.45, 7) is 0. The largest absolute Gasteiger partial charge is 0.496 e. The van der Waals surface area contributed by atoms with Gasteiger partial charge in [-0.1, -0.05) is 18.2 Å². The third-order valence-electron chi connectivity index (χ3n) is 5.01. The monoisotopic (exact) mass is 362 g/mol. The van der Waals surface area contributed by atoms with E-state index < -0.39 is 6.09 Å². The van der Waals surface area contributed by atoms with Gasteiger partial charge in [0.05, 0.1) is 18.7 Å². The van der Waals surface area contributed by atoms with E-state index >= 15 is 0 Å². The molecule has 0 spiro atoms. The van der Waals surface area contributed by atoms with E-state index in [0.29, 0.717) is 29.7 Å². The third-order valence-corrected chi connectivity index (χ3v) is 5.01. The van der Waals surface area contributed by atoms with E-state index in [1.807, 2.05) is 24.3 Å². The molecule has 4 rings (SSSR count). The molecular formula is C21H18N2O4. The van der Waals surface area contributed by atoms with Crippen LogP contribution in [0.2, 0.25) is 0 Å². The predicted octanol–water partition coefficient (Wildman–Crippen LogP) is 3.73. The molecule has 27 heavy (non-hydrogen) atoms. The van der Waals surface area contributed by atoms with Crippen LogP contribution in [0.25, 0.3) is 10.8 Å². The second-order valence-electron chi connectivity index (χ2n) is 6.52. The number of aryl methyl sites for hydroxylation is 1. The number of ether oxygens (including phenoxy) is 1. The standard InChI is InChI=1S/C21H18N2O4/c1-27-19-10-16-12(5-6-18(16)23-21(25)26)9-17(19)20(24)15-4-2-3-13-11-22-8-7-14(13)15/h2-4,7-11,18,23H,5-6H2,1H3,(H,25,26). The van der Waals surface area contributed by atoms with Crippen molar-refractivity contribution in [3.8, 4) is 5.75 Å². The molecule has 1 unspecified atom stereocenters. The normalized spacial score (nSPS) is 15.4. The second-order valence-corrected chi connectivity index (χ2v) is 6.52. The summed E-state index contributed by atoms with van der Waals surface area (Å²) in [6, 6.07) is 10.7. The Bertz CT molecular complexity index is 1060. The van der Waals surface area contributed by atoms with Crippen LogP contribution in [-0.4, -0.2) is 29.1 Å². The van der Waals surface area contributed by atoms with Crippen LogP contribution in [-0.2, 0) is 6.42 Å². The molecular weight excluding hydrogens is 344 g/mol. The van der Waals surface area contributed by atoms with Crippen molar-refractivity contribution in [2.24, 2.45) is 0 Å². The van der Waals surface area contributed by atoms with Gasteiger partial charge in [-0.2, -0.15) is 0 Å². The van der Waals surface area contributed by atoms with Gasteiger partial charge in [-0.05, 0) is 47.6 Å². The molecule has 2 aromatic carbocycles. The van der Waals surface area contributed by atoms with Gasteiger partial charge < -0.3 is 15.2 Å². The fourth-order valence-electron chi connectivity index (χ4n) is 3.75. The minimum atomic E-state index is -1.06. The molecule has 0 radical (unpaired) electrons. The summed E-state index contributed by atoms with van der Waals surface area (Å²) in [7, 11) is 1.51. The van der Waals surface area contributed by atoms with Gasteiger partial charge in [-0.15, -0.1) is 0 Å². The fourth-order valence-corrected chi connectivity index (χ4v) is 3.75. The van der Waals surface area contributed by atoms with Crippen molar-refractivity contribution in [3.63, 3.8) is 0 Å². The average molecular weight is 362 g/mol. The highest BCUT2D eigenvalue weighted by atomic mass is 16.5. The summed E-state index contributed by atoms with van der Waals surface area (Å²) in [5, 5.41) is 13.3. The molecule has 6 nitrogen and oxygen atoms in total. The Labute approximate surface area is 155 Å². The van der Waals surface area contributed by atoms with Gasteiger partial charge in [0.15, 0.2) is 5.78 Å². The van der Waals surface area contributed by atoms with Gasteiger partial charge in [0.1, 0.15) is 5.75 Å². The zero-order chi connectivity index (χ0) is 19.0. The van der Waals surface area contributed by atoms with Crippen LogP contribution in [0.4, 0.5) is 4.79 Å². The molecule has 1 amide bonds. The number of pyridine rings is 1. The Morgan fingerprint density at radius 3 is 2.85 bits per heavy atom. The molecule has 1 aliphatic rings. The summed E-state index contributed by atoms with van der Waals surface area (Å²) in [5.74, 6) is 0.324. The Morgan fingerprint density at radius 2 is 2.07 bits per heavy atom. The Balaban J connectivity index is 1.80. The number of benzene rings is 2. The number of rotatable bonds is 4. The molecule has 0 bridgehead atoms. The number of methoxy groups -OCH3 is 1. The number of nitrogens with one attached hydrogen (secondary N) is 1. The van der Waals surface area contributed by atoms with Gasteiger partial charge in [-0.3, -0.25) is 9.78 Å². The van der Waals surface area contributed by atoms with Crippen molar-refractivity contribution in [2.75, 3.05) is 7.11 Å². The van der Waals surface area contributed by atoms with Gasteiger partial charge in [0.25, 0.3) is 0 Å². The molecule has 1 aromatic heterocycles. The van der Waals surface area contributed by atoms with E-state index in [4.69, 9.17) is 9.84 Å². The highest BCUT2D eigenvalue weighted by molar-refractivity contribution is 6.17. The fraction of sp³-hybridized carbons (Fsp3) is 0.190. The minimum Gasteiger partial charge on any atom is -0.496 e. The van der Waals surface area contributed by atoms with Gasteiger partial charge in [0.2, 0.25) is 0 Å². The van der Waals surface area contributed by atoms with E-state index in [2.05, 4.69) is 10.3 Å². The number of aromatic nitrogens is 1. The van der Waals surface area contributed by atoms with Crippen LogP contribution >= 0.6 is 0 Å². The number of carbonyl (C=O) groups excluding carboxylic acids is 1. The van der Waals surface area contributed by atoms with E-state index in [1.54, 1.807) is 24.5 Å². The smallest absolute Gasteiger partial charge is 0.405 e. The number of fused-ring (bicyclic) bond motifs is 2. The molecule has 2 N–H and O–H groups in total. The summed E-state index contributed by atoms with van der Waals surface area (Å²) < 4.78 is 5.47. The number of hydrogen-bond acceptors (Lipinski definition) is 4. The third kappa shape index (κ3) is 2.99. The van der Waals surface area contributed by atoms with Crippen molar-refractivity contribution in [1.29, 1.82) is 0 Å². The van der Waals surface area contributed by atoms with Gasteiger partial charge in [-0.25, -0.2) is 4.79 Å². The first kappa shape index (κ1) is 17.0. The molecule has 0 aliphatic heterocycles. The molecule has 136 valence electrons. The zero-order valence-corrected chi connectivity index (χ0v) is 14.7. The number of carboxylic acid groups (broad SMARTS) is 1. The number of hydrogen-bond donors (Lipinski definition) is 2. The minimum absolute atomic E-state index is 0.124. The SMILES string of the molecule is COc1cc2c(cc1C(=O)c1cccc3cnccc13)CCC2NC(=O)O. The molecule has 6 heteroatoms. The van der Waals surface area contributed by atoms with Crippen LogP contribution in [0.5, 0.6) is 5.75 Å². The summed E-state index contributed by atoms with van der Waals surface area (Å²) in [6.07, 6.45) is 3.72. The number of nitrogens with zero attached hydrogens (tertiary/aromatic N) is 1. The van der Waals surface area contributed by atoms with Crippen LogP contribution in [0.15, 0.2) is 48.8 Å². The Morgan fingerprint density at radius 1 is 1.22 bits per heavy atom. The lowest BCUT2D eigenvalue weighted by molar-refractivity contribution is 0.103. The van der Waals surface area contributed by atoms with Crippen molar-refractivity contribution in [1.82, 2.24) is 10.3 Å². The molecule has 1 heterocycles. The summed E-state index contributed by atoms with van der Waals surface area (Å²) >= 11 is 0. The first-order chi connectivity index (χ1) is 13.1. The van der Waals surface area contributed by atoms with Crippen LogP contribution < -0.4 is 10.1 Å². The van der Waals surface area contributed by atoms with Crippen molar-refractivity contribution >= 4 is 22.6 Å². The Kier molecular flexibility index (Phi) is 4.24. The zero-order valence-electron chi connectivity index (χ0n) is 14.7. The number of amides is 1. The lowest BCUT2D eigenvalue weighted by Crippen LogP contribution is -2.25. The number of carbonyl (C=O) groups is 2. The molecule has 1 aliphatic carbocycles. The van der Waals surface area contributed by atoms with Crippen molar-refractivity contribution < 1.29 is 19.4 Å². The van der Waals surface area contributed by atoms with Crippen LogP contribution in [0, 0.1) is 0 Å². The maximum Gasteiger partial charge on any atom is 0.405 e. The maximum absolute atomic E-state index is 13.3. The number of ketones is 1. The summed E-state index contributed by atoms with van der Waals surface area (Å²) in [5.41, 5.74) is 2.91. The maximum atomic E-state index is 13.3. The molecule has 0 fully saturated rings. The van der Waals surface area contributed by atoms with Crippen molar-refractivity contribution in [3.05, 3.63) is 71.0 Å². The van der Waals surface area contributed by atoms with E-state index in [0.717, 1.165) is 21.9 Å². The quantitative estimate of drug-likeness (QED) is 0.691. The first-order valence-corrected chi connectivity index (χ1v) is 8.66. The highest BCUT2D eigenvalue weighted by Gasteiger charge is 2.28. The predicted molar refractivity (Wildman–Crippen MR) is 100 cm³/mol. The first-order valence-electron chi connectivity index (χ1n) is 8.66. The van der Waals surface area contributed by atoms with Gasteiger partial charge in [0, 0.05) is 23.3 Å². The van der Waals surface area contributed by atoms with E-state index in [1.165, 1.54) is 7.11 Å². The van der Waals surface area contributed by atoms with E-state index in [-0.39, 0.29) is 11.8 Å². The molecule has 0 saturated heterocycles. The second kappa shape index (κ2) is 6.72. The van der Waals surface area contributed by atoms with E-state index in [9.17, 15) is 9.59 Å². The lowest BCUT2D eigenvalue weighted by Gasteiger charge is -2.15. The van der Waals surface area contributed by atoms with Crippen LogP contribution in [0.3, 0.4) is 0 Å². The molecule has 3 aromatic rings. The molecule has 1 atom stereocenters. The van der Waals surface area contributed by atoms with Gasteiger partial charge >= 0.3 is 6.09 Å². The highest BCUT2D eigenvalue weighted by Crippen LogP contribution is 2.37. The lowest BCUT2D eigenvalue weighted by atomic mass is 9.95. The Hall–Kier alpha value is -3.41.